The lowest BCUT2D eigenvalue weighted by Gasteiger charge is -2.57. The highest BCUT2D eigenvalue weighted by atomic mass is 35.5. The molecule has 0 saturated heterocycles. The molecule has 1 aliphatic carbocycles. The molecule has 0 aliphatic heterocycles. The highest BCUT2D eigenvalue weighted by molar-refractivity contribution is 5.99. The summed E-state index contributed by atoms with van der Waals surface area (Å²) < 4.78 is 11.1. The van der Waals surface area contributed by atoms with Crippen molar-refractivity contribution in [2.24, 2.45) is 11.1 Å². The SMILES string of the molecule is CCOC1CC(N)(C(=O)Nc2cccc(OCC(=O)N(C)C)c2)C1(C)C.Cl. The number of rotatable bonds is 7. The van der Waals surface area contributed by atoms with E-state index in [4.69, 9.17) is 15.2 Å². The van der Waals surface area contributed by atoms with Gasteiger partial charge in [0.25, 0.3) is 5.91 Å². The van der Waals surface area contributed by atoms with Gasteiger partial charge in [-0.2, -0.15) is 0 Å². The van der Waals surface area contributed by atoms with E-state index in [0.717, 1.165) is 0 Å². The summed E-state index contributed by atoms with van der Waals surface area (Å²) in [4.78, 5) is 25.8. The third-order valence-electron chi connectivity index (χ3n) is 5.19. The average molecular weight is 400 g/mol. The van der Waals surface area contributed by atoms with Crippen LogP contribution in [0.2, 0.25) is 0 Å². The zero-order valence-corrected chi connectivity index (χ0v) is 17.4. The monoisotopic (exact) mass is 399 g/mol. The van der Waals surface area contributed by atoms with Gasteiger partial charge in [0.2, 0.25) is 5.91 Å². The van der Waals surface area contributed by atoms with E-state index < -0.39 is 11.0 Å². The molecule has 0 radical (unpaired) electrons. The summed E-state index contributed by atoms with van der Waals surface area (Å²) in [5.74, 6) is 0.114. The molecule has 2 unspecified atom stereocenters. The minimum atomic E-state index is -0.995. The Kier molecular flexibility index (Phi) is 7.66. The lowest BCUT2D eigenvalue weighted by Crippen LogP contribution is -2.74. The topological polar surface area (TPSA) is 93.9 Å². The first kappa shape index (κ1) is 23.2. The van der Waals surface area contributed by atoms with E-state index >= 15 is 0 Å². The molecule has 27 heavy (non-hydrogen) atoms. The molecule has 8 heteroatoms. The van der Waals surface area contributed by atoms with Crippen LogP contribution in [0.1, 0.15) is 27.2 Å². The van der Waals surface area contributed by atoms with E-state index in [9.17, 15) is 9.59 Å². The van der Waals surface area contributed by atoms with Gasteiger partial charge in [-0.15, -0.1) is 12.4 Å². The van der Waals surface area contributed by atoms with Crippen molar-refractivity contribution in [1.82, 2.24) is 4.90 Å². The second-order valence-electron chi connectivity index (χ2n) is 7.40. The second kappa shape index (κ2) is 8.91. The number of hydrogen-bond acceptors (Lipinski definition) is 5. The van der Waals surface area contributed by atoms with Gasteiger partial charge in [0, 0.05) is 44.3 Å². The number of likely N-dealkylation sites (N-methyl/N-ethyl adjacent to an activating group) is 1. The highest BCUT2D eigenvalue weighted by Crippen LogP contribution is 2.50. The number of hydrogen-bond donors (Lipinski definition) is 2. The molecule has 0 bridgehead atoms. The van der Waals surface area contributed by atoms with E-state index in [1.807, 2.05) is 20.8 Å². The summed E-state index contributed by atoms with van der Waals surface area (Å²) in [5, 5.41) is 2.86. The number of carbonyl (C=O) groups excluding carboxylic acids is 2. The molecule has 0 spiro atoms. The van der Waals surface area contributed by atoms with Crippen molar-refractivity contribution in [3.63, 3.8) is 0 Å². The first-order chi connectivity index (χ1) is 12.1. The molecule has 1 saturated carbocycles. The molecule has 2 rings (SSSR count). The fraction of sp³-hybridized carbons (Fsp3) is 0.579. The van der Waals surface area contributed by atoms with Crippen LogP contribution in [0.4, 0.5) is 5.69 Å². The maximum atomic E-state index is 12.8. The minimum absolute atomic E-state index is 0. The summed E-state index contributed by atoms with van der Waals surface area (Å²) in [7, 11) is 3.33. The van der Waals surface area contributed by atoms with Gasteiger partial charge in [-0.3, -0.25) is 9.59 Å². The Balaban J connectivity index is 0.00000364. The summed E-state index contributed by atoms with van der Waals surface area (Å²) in [5.41, 5.74) is 5.51. The number of nitrogens with one attached hydrogen (secondary N) is 1. The van der Waals surface area contributed by atoms with Gasteiger partial charge in [0.15, 0.2) is 6.61 Å². The Morgan fingerprint density at radius 2 is 2.00 bits per heavy atom. The van der Waals surface area contributed by atoms with E-state index in [2.05, 4.69) is 5.32 Å². The van der Waals surface area contributed by atoms with Crippen LogP contribution in [0.3, 0.4) is 0 Å². The molecule has 0 heterocycles. The average Bonchev–Trinajstić information content (AvgIpc) is 2.59. The maximum Gasteiger partial charge on any atom is 0.259 e. The number of amides is 2. The Morgan fingerprint density at radius 1 is 1.33 bits per heavy atom. The van der Waals surface area contributed by atoms with Crippen LogP contribution in [-0.2, 0) is 14.3 Å². The zero-order valence-electron chi connectivity index (χ0n) is 16.6. The van der Waals surface area contributed by atoms with Gasteiger partial charge >= 0.3 is 0 Å². The molecular formula is C19H30ClN3O4. The number of nitrogens with zero attached hydrogens (tertiary/aromatic N) is 1. The van der Waals surface area contributed by atoms with Crippen LogP contribution < -0.4 is 15.8 Å². The van der Waals surface area contributed by atoms with E-state index in [0.29, 0.717) is 24.5 Å². The van der Waals surface area contributed by atoms with E-state index in [1.165, 1.54) is 4.90 Å². The van der Waals surface area contributed by atoms with Gasteiger partial charge in [-0.05, 0) is 19.1 Å². The molecular weight excluding hydrogens is 370 g/mol. The molecule has 1 aliphatic rings. The van der Waals surface area contributed by atoms with Crippen LogP contribution in [-0.4, -0.2) is 55.7 Å². The van der Waals surface area contributed by atoms with Crippen LogP contribution in [0.25, 0.3) is 0 Å². The first-order valence-electron chi connectivity index (χ1n) is 8.76. The zero-order chi connectivity index (χ0) is 19.5. The van der Waals surface area contributed by atoms with E-state index in [-0.39, 0.29) is 36.9 Å². The lowest BCUT2D eigenvalue weighted by molar-refractivity contribution is -0.166. The molecule has 2 amide bonds. The Labute approximate surface area is 167 Å². The number of ether oxygens (including phenoxy) is 2. The second-order valence-corrected chi connectivity index (χ2v) is 7.40. The molecule has 3 N–H and O–H groups in total. The molecule has 1 aromatic rings. The van der Waals surface area contributed by atoms with E-state index in [1.54, 1.807) is 38.4 Å². The van der Waals surface area contributed by atoms with Crippen molar-refractivity contribution in [3.8, 4) is 5.75 Å². The Hall–Kier alpha value is -1.83. The van der Waals surface area contributed by atoms with Crippen molar-refractivity contribution < 1.29 is 19.1 Å². The largest absolute Gasteiger partial charge is 0.484 e. The molecule has 1 aromatic carbocycles. The Morgan fingerprint density at radius 3 is 2.56 bits per heavy atom. The first-order valence-corrected chi connectivity index (χ1v) is 8.76. The van der Waals surface area contributed by atoms with Crippen molar-refractivity contribution in [3.05, 3.63) is 24.3 Å². The molecule has 2 atom stereocenters. The molecule has 1 fully saturated rings. The summed E-state index contributed by atoms with van der Waals surface area (Å²) in [6, 6.07) is 6.92. The maximum absolute atomic E-state index is 12.8. The summed E-state index contributed by atoms with van der Waals surface area (Å²) in [6.45, 7) is 6.36. The molecule has 7 nitrogen and oxygen atoms in total. The predicted molar refractivity (Wildman–Crippen MR) is 107 cm³/mol. The fourth-order valence-electron chi connectivity index (χ4n) is 3.00. The smallest absolute Gasteiger partial charge is 0.259 e. The standard InChI is InChI=1S/C19H29N3O4.ClH/c1-6-25-15-11-19(20,18(15,2)3)17(24)21-13-8-7-9-14(10-13)26-12-16(23)22(4)5;/h7-10,15H,6,11-12,20H2,1-5H3,(H,21,24);1H. The summed E-state index contributed by atoms with van der Waals surface area (Å²) in [6.07, 6.45) is 0.447. The number of anilines is 1. The van der Waals surface area contributed by atoms with Gasteiger partial charge in [-0.1, -0.05) is 19.9 Å². The van der Waals surface area contributed by atoms with Crippen molar-refractivity contribution in [2.45, 2.75) is 38.8 Å². The molecule has 152 valence electrons. The third kappa shape index (κ3) is 4.72. The summed E-state index contributed by atoms with van der Waals surface area (Å²) >= 11 is 0. The number of benzene rings is 1. The van der Waals surface area contributed by atoms with Crippen molar-refractivity contribution in [2.75, 3.05) is 32.6 Å². The number of halogens is 1. The van der Waals surface area contributed by atoms with Crippen molar-refractivity contribution >= 4 is 29.9 Å². The van der Waals surface area contributed by atoms with Crippen LogP contribution in [0.15, 0.2) is 24.3 Å². The highest BCUT2D eigenvalue weighted by Gasteiger charge is 2.62. The normalized spacial score (nSPS) is 22.8. The van der Waals surface area contributed by atoms with Crippen LogP contribution in [0.5, 0.6) is 5.75 Å². The minimum Gasteiger partial charge on any atom is -0.484 e. The number of carbonyl (C=O) groups is 2. The molecule has 0 aromatic heterocycles. The van der Waals surface area contributed by atoms with Crippen LogP contribution >= 0.6 is 12.4 Å². The van der Waals surface area contributed by atoms with Gasteiger partial charge in [-0.25, -0.2) is 0 Å². The predicted octanol–water partition coefficient (Wildman–Crippen LogP) is 2.05. The van der Waals surface area contributed by atoms with Crippen molar-refractivity contribution in [1.29, 1.82) is 0 Å². The van der Waals surface area contributed by atoms with Gasteiger partial charge in [0.05, 0.1) is 6.10 Å². The Bertz CT molecular complexity index is 681. The number of nitrogens with two attached hydrogens (primary N) is 1. The van der Waals surface area contributed by atoms with Crippen LogP contribution in [0, 0.1) is 5.41 Å². The van der Waals surface area contributed by atoms with Gasteiger partial charge < -0.3 is 25.4 Å². The third-order valence-corrected chi connectivity index (χ3v) is 5.19. The lowest BCUT2D eigenvalue weighted by atomic mass is 9.54. The quantitative estimate of drug-likeness (QED) is 0.731. The fourth-order valence-corrected chi connectivity index (χ4v) is 3.00. The van der Waals surface area contributed by atoms with Gasteiger partial charge in [0.1, 0.15) is 11.3 Å².